The summed E-state index contributed by atoms with van der Waals surface area (Å²) in [6, 6.07) is 4.22. The molecule has 1 atom stereocenters. The molecule has 92 valence electrons. The summed E-state index contributed by atoms with van der Waals surface area (Å²) >= 11 is 0. The average molecular weight is 238 g/mol. The van der Waals surface area contributed by atoms with Gasteiger partial charge in [0, 0.05) is 11.8 Å². The molecule has 6 heteroatoms. The molecule has 0 aliphatic rings. The van der Waals surface area contributed by atoms with E-state index >= 15 is 0 Å². The van der Waals surface area contributed by atoms with E-state index in [4.69, 9.17) is 21.3 Å². The zero-order chi connectivity index (χ0) is 13.0. The van der Waals surface area contributed by atoms with Crippen molar-refractivity contribution in [2.24, 2.45) is 11.7 Å². The number of primary amides is 1. The Morgan fingerprint density at radius 2 is 2.12 bits per heavy atom. The van der Waals surface area contributed by atoms with Crippen LogP contribution in [0.3, 0.4) is 0 Å². The van der Waals surface area contributed by atoms with E-state index in [0.29, 0.717) is 5.69 Å². The van der Waals surface area contributed by atoms with E-state index in [9.17, 15) is 9.59 Å². The Hall–Kier alpha value is -2.24. The van der Waals surface area contributed by atoms with Crippen LogP contribution in [0, 0.1) is 5.92 Å². The molecule has 1 aromatic rings. The highest BCUT2D eigenvalue weighted by Crippen LogP contribution is 2.22. The van der Waals surface area contributed by atoms with Gasteiger partial charge < -0.3 is 21.3 Å². The van der Waals surface area contributed by atoms with E-state index in [1.54, 1.807) is 6.92 Å². The maximum atomic E-state index is 10.9. The fourth-order valence-electron chi connectivity index (χ4n) is 1.13. The monoisotopic (exact) mass is 238 g/mol. The van der Waals surface area contributed by atoms with Gasteiger partial charge >= 0.3 is 5.97 Å². The Morgan fingerprint density at radius 1 is 1.47 bits per heavy atom. The third-order valence-corrected chi connectivity index (χ3v) is 2.21. The topological polar surface area (TPSA) is 116 Å². The number of hydrogen-bond donors (Lipinski definition) is 3. The van der Waals surface area contributed by atoms with Crippen LogP contribution in [0.2, 0.25) is 0 Å². The van der Waals surface area contributed by atoms with Gasteiger partial charge in [0.15, 0.2) is 0 Å². The molecule has 0 heterocycles. The molecule has 0 saturated carbocycles. The molecular weight excluding hydrogens is 224 g/mol. The van der Waals surface area contributed by atoms with Crippen molar-refractivity contribution < 1.29 is 19.4 Å². The first kappa shape index (κ1) is 12.8. The third kappa shape index (κ3) is 3.37. The minimum absolute atomic E-state index is 0.00382. The van der Waals surface area contributed by atoms with Crippen molar-refractivity contribution in [3.63, 3.8) is 0 Å². The molecule has 0 bridgehead atoms. The van der Waals surface area contributed by atoms with E-state index < -0.39 is 17.8 Å². The number of carboxylic acid groups (broad SMARTS) is 1. The molecule has 5 N–H and O–H groups in total. The standard InChI is InChI=1S/C11H14N2O4/c1-6(10(13)14)5-17-9-4-7(12)2-3-8(9)11(15)16/h2-4,6H,5,12H2,1H3,(H2,13,14)(H,15,16). The summed E-state index contributed by atoms with van der Waals surface area (Å²) in [7, 11) is 0. The lowest BCUT2D eigenvalue weighted by atomic mass is 10.1. The van der Waals surface area contributed by atoms with Crippen LogP contribution in [0.15, 0.2) is 18.2 Å². The Labute approximate surface area is 98.2 Å². The maximum Gasteiger partial charge on any atom is 0.339 e. The highest BCUT2D eigenvalue weighted by molar-refractivity contribution is 5.91. The molecule has 0 radical (unpaired) electrons. The number of nitrogens with two attached hydrogens (primary N) is 2. The van der Waals surface area contributed by atoms with Crippen molar-refractivity contribution in [1.29, 1.82) is 0 Å². The van der Waals surface area contributed by atoms with Gasteiger partial charge in [-0.05, 0) is 12.1 Å². The summed E-state index contributed by atoms with van der Waals surface area (Å²) < 4.78 is 5.24. The molecule has 17 heavy (non-hydrogen) atoms. The number of anilines is 1. The van der Waals surface area contributed by atoms with E-state index in [-0.39, 0.29) is 17.9 Å². The number of benzene rings is 1. The molecular formula is C11H14N2O4. The molecule has 0 spiro atoms. The molecule has 0 saturated heterocycles. The second kappa shape index (κ2) is 5.20. The van der Waals surface area contributed by atoms with Gasteiger partial charge in [0.25, 0.3) is 0 Å². The van der Waals surface area contributed by atoms with Crippen LogP contribution in [0.4, 0.5) is 5.69 Å². The van der Waals surface area contributed by atoms with Crippen molar-refractivity contribution in [2.45, 2.75) is 6.92 Å². The van der Waals surface area contributed by atoms with Crippen LogP contribution < -0.4 is 16.2 Å². The van der Waals surface area contributed by atoms with Crippen molar-refractivity contribution in [1.82, 2.24) is 0 Å². The van der Waals surface area contributed by atoms with Gasteiger partial charge in [0.2, 0.25) is 5.91 Å². The number of amides is 1. The lowest BCUT2D eigenvalue weighted by Gasteiger charge is -2.12. The Morgan fingerprint density at radius 3 is 2.65 bits per heavy atom. The first-order valence-electron chi connectivity index (χ1n) is 4.96. The average Bonchev–Trinajstić information content (AvgIpc) is 2.25. The van der Waals surface area contributed by atoms with E-state index in [1.165, 1.54) is 18.2 Å². The van der Waals surface area contributed by atoms with Gasteiger partial charge in [-0.1, -0.05) is 6.92 Å². The van der Waals surface area contributed by atoms with Crippen LogP contribution in [0.25, 0.3) is 0 Å². The molecule has 0 fully saturated rings. The van der Waals surface area contributed by atoms with Crippen molar-refractivity contribution in [3.8, 4) is 5.75 Å². The maximum absolute atomic E-state index is 10.9. The van der Waals surface area contributed by atoms with Crippen LogP contribution >= 0.6 is 0 Å². The van der Waals surface area contributed by atoms with Gasteiger partial charge in [0.1, 0.15) is 11.3 Å². The highest BCUT2D eigenvalue weighted by Gasteiger charge is 2.14. The van der Waals surface area contributed by atoms with E-state index in [1.807, 2.05) is 0 Å². The first-order valence-corrected chi connectivity index (χ1v) is 4.96. The minimum atomic E-state index is -1.12. The number of aromatic carboxylic acids is 1. The molecule has 0 aliphatic heterocycles. The Kier molecular flexibility index (Phi) is 3.92. The van der Waals surface area contributed by atoms with Gasteiger partial charge in [-0.25, -0.2) is 4.79 Å². The predicted octanol–water partition coefficient (Wildman–Crippen LogP) is 0.467. The molecule has 1 unspecified atom stereocenters. The molecule has 6 nitrogen and oxygen atoms in total. The number of carbonyl (C=O) groups excluding carboxylic acids is 1. The zero-order valence-electron chi connectivity index (χ0n) is 9.34. The fraction of sp³-hybridized carbons (Fsp3) is 0.273. The summed E-state index contributed by atoms with van der Waals surface area (Å²) in [5, 5.41) is 8.92. The number of ether oxygens (including phenoxy) is 1. The molecule has 1 rings (SSSR count). The Balaban J connectivity index is 2.85. The van der Waals surface area contributed by atoms with Gasteiger partial charge in [-0.15, -0.1) is 0 Å². The highest BCUT2D eigenvalue weighted by atomic mass is 16.5. The number of carbonyl (C=O) groups is 2. The number of nitrogen functional groups attached to an aromatic ring is 1. The zero-order valence-corrected chi connectivity index (χ0v) is 9.34. The number of hydrogen-bond acceptors (Lipinski definition) is 4. The quantitative estimate of drug-likeness (QED) is 0.645. The lowest BCUT2D eigenvalue weighted by molar-refractivity contribution is -0.122. The summed E-state index contributed by atoms with van der Waals surface area (Å²) in [4.78, 5) is 21.7. The molecule has 1 amide bonds. The summed E-state index contributed by atoms with van der Waals surface area (Å²) in [5.41, 5.74) is 11.0. The van der Waals surface area contributed by atoms with Crippen LogP contribution in [0.1, 0.15) is 17.3 Å². The fourth-order valence-corrected chi connectivity index (χ4v) is 1.13. The second-order valence-corrected chi connectivity index (χ2v) is 3.68. The van der Waals surface area contributed by atoms with Crippen molar-refractivity contribution in [2.75, 3.05) is 12.3 Å². The first-order chi connectivity index (χ1) is 7.91. The molecule has 0 aliphatic carbocycles. The van der Waals surface area contributed by atoms with Crippen LogP contribution in [-0.2, 0) is 4.79 Å². The molecule has 1 aromatic carbocycles. The normalized spacial score (nSPS) is 11.8. The van der Waals surface area contributed by atoms with Crippen LogP contribution in [0.5, 0.6) is 5.75 Å². The number of rotatable bonds is 5. The van der Waals surface area contributed by atoms with E-state index in [2.05, 4.69) is 0 Å². The summed E-state index contributed by atoms with van der Waals surface area (Å²) in [6.07, 6.45) is 0. The summed E-state index contributed by atoms with van der Waals surface area (Å²) in [6.45, 7) is 1.61. The largest absolute Gasteiger partial charge is 0.492 e. The van der Waals surface area contributed by atoms with Gasteiger partial charge in [0.05, 0.1) is 12.5 Å². The van der Waals surface area contributed by atoms with Crippen molar-refractivity contribution in [3.05, 3.63) is 23.8 Å². The minimum Gasteiger partial charge on any atom is -0.492 e. The van der Waals surface area contributed by atoms with Gasteiger partial charge in [-0.3, -0.25) is 4.79 Å². The SMILES string of the molecule is CC(COc1cc(N)ccc1C(=O)O)C(N)=O. The second-order valence-electron chi connectivity index (χ2n) is 3.68. The third-order valence-electron chi connectivity index (χ3n) is 2.21. The molecule has 0 aromatic heterocycles. The lowest BCUT2D eigenvalue weighted by Crippen LogP contribution is -2.26. The van der Waals surface area contributed by atoms with Crippen LogP contribution in [-0.4, -0.2) is 23.6 Å². The Bertz CT molecular complexity index is 445. The smallest absolute Gasteiger partial charge is 0.339 e. The number of carboxylic acids is 1. The van der Waals surface area contributed by atoms with Crippen molar-refractivity contribution >= 4 is 17.6 Å². The summed E-state index contributed by atoms with van der Waals surface area (Å²) in [5.74, 6) is -2.00. The van der Waals surface area contributed by atoms with E-state index in [0.717, 1.165) is 0 Å². The predicted molar refractivity (Wildman–Crippen MR) is 61.7 cm³/mol. The van der Waals surface area contributed by atoms with Gasteiger partial charge in [-0.2, -0.15) is 0 Å².